The third-order valence-corrected chi connectivity index (χ3v) is 3.39. The lowest BCUT2D eigenvalue weighted by atomic mass is 10.1. The molecule has 0 aliphatic carbocycles. The second-order valence-corrected chi connectivity index (χ2v) is 4.69. The number of rotatable bonds is 1. The lowest BCUT2D eigenvalue weighted by molar-refractivity contribution is 0.0724. The minimum atomic E-state index is 0.0859. The molecule has 1 aliphatic heterocycles. The quantitative estimate of drug-likeness (QED) is 0.734. The van der Waals surface area contributed by atoms with Gasteiger partial charge in [0.15, 0.2) is 0 Å². The number of carbonyl (C=O) groups excluding carboxylic acids is 1. The van der Waals surface area contributed by atoms with Crippen LogP contribution < -0.4 is 0 Å². The molecule has 0 atom stereocenters. The molecule has 0 radical (unpaired) electrons. The maximum absolute atomic E-state index is 12.3. The van der Waals surface area contributed by atoms with E-state index in [0.717, 1.165) is 31.5 Å². The van der Waals surface area contributed by atoms with E-state index in [0.29, 0.717) is 10.6 Å². The van der Waals surface area contributed by atoms with Gasteiger partial charge >= 0.3 is 0 Å². The molecule has 1 saturated heterocycles. The molecule has 16 heavy (non-hydrogen) atoms. The van der Waals surface area contributed by atoms with Crippen molar-refractivity contribution in [3.05, 3.63) is 34.3 Å². The number of hydrogen-bond donors (Lipinski definition) is 0. The van der Waals surface area contributed by atoms with Gasteiger partial charge in [0.2, 0.25) is 0 Å². The fourth-order valence-electron chi connectivity index (χ4n) is 2.16. The Morgan fingerprint density at radius 3 is 2.56 bits per heavy atom. The number of aryl methyl sites for hydroxylation is 1. The second-order valence-electron chi connectivity index (χ2n) is 4.28. The van der Waals surface area contributed by atoms with Crippen LogP contribution in [0.1, 0.15) is 35.2 Å². The Labute approximate surface area is 101 Å². The van der Waals surface area contributed by atoms with E-state index in [1.807, 2.05) is 24.0 Å². The number of halogens is 1. The summed E-state index contributed by atoms with van der Waals surface area (Å²) in [6, 6.07) is 5.60. The molecular weight excluding hydrogens is 222 g/mol. The van der Waals surface area contributed by atoms with Crippen LogP contribution in [0.25, 0.3) is 0 Å². The van der Waals surface area contributed by atoms with Gasteiger partial charge in [0.1, 0.15) is 0 Å². The van der Waals surface area contributed by atoms with E-state index in [1.165, 1.54) is 6.42 Å². The van der Waals surface area contributed by atoms with Crippen LogP contribution in [0.3, 0.4) is 0 Å². The van der Waals surface area contributed by atoms with Gasteiger partial charge in [-0.2, -0.15) is 0 Å². The summed E-state index contributed by atoms with van der Waals surface area (Å²) in [4.78, 5) is 14.2. The molecular formula is C13H16ClNO. The van der Waals surface area contributed by atoms with Crippen molar-refractivity contribution in [2.45, 2.75) is 26.2 Å². The zero-order valence-corrected chi connectivity index (χ0v) is 10.3. The summed E-state index contributed by atoms with van der Waals surface area (Å²) in [5.74, 6) is 0.0859. The van der Waals surface area contributed by atoms with E-state index in [-0.39, 0.29) is 5.91 Å². The van der Waals surface area contributed by atoms with Gasteiger partial charge in [0, 0.05) is 13.1 Å². The molecule has 0 aromatic heterocycles. The van der Waals surface area contributed by atoms with Crippen LogP contribution in [0.15, 0.2) is 18.2 Å². The van der Waals surface area contributed by atoms with Crippen LogP contribution in [-0.2, 0) is 0 Å². The van der Waals surface area contributed by atoms with Crippen LogP contribution in [0.2, 0.25) is 5.02 Å². The molecule has 1 aromatic rings. The molecule has 0 spiro atoms. The van der Waals surface area contributed by atoms with Gasteiger partial charge in [-0.3, -0.25) is 4.79 Å². The maximum atomic E-state index is 12.3. The van der Waals surface area contributed by atoms with Gasteiger partial charge in [0.05, 0.1) is 10.6 Å². The first kappa shape index (κ1) is 11.5. The summed E-state index contributed by atoms with van der Waals surface area (Å²) < 4.78 is 0. The predicted molar refractivity (Wildman–Crippen MR) is 65.9 cm³/mol. The fourth-order valence-corrected chi connectivity index (χ4v) is 2.46. The van der Waals surface area contributed by atoms with E-state index in [1.54, 1.807) is 6.07 Å². The molecule has 2 nitrogen and oxygen atoms in total. The average Bonchev–Trinajstić information content (AvgIpc) is 2.30. The number of likely N-dealkylation sites (tertiary alicyclic amines) is 1. The Bertz CT molecular complexity index is 377. The number of hydrogen-bond acceptors (Lipinski definition) is 1. The van der Waals surface area contributed by atoms with Crippen molar-refractivity contribution >= 4 is 17.5 Å². The van der Waals surface area contributed by atoms with Crippen LogP contribution in [-0.4, -0.2) is 23.9 Å². The van der Waals surface area contributed by atoms with Crippen molar-refractivity contribution in [3.63, 3.8) is 0 Å². The van der Waals surface area contributed by atoms with Crippen molar-refractivity contribution in [2.24, 2.45) is 0 Å². The zero-order valence-electron chi connectivity index (χ0n) is 9.50. The average molecular weight is 238 g/mol. The Kier molecular flexibility index (Phi) is 3.49. The molecule has 0 saturated carbocycles. The molecule has 1 amide bonds. The second kappa shape index (κ2) is 4.88. The third kappa shape index (κ3) is 2.22. The minimum Gasteiger partial charge on any atom is -0.339 e. The number of amides is 1. The lowest BCUT2D eigenvalue weighted by Crippen LogP contribution is -2.36. The Morgan fingerprint density at radius 2 is 1.94 bits per heavy atom. The molecule has 1 aliphatic rings. The highest BCUT2D eigenvalue weighted by Crippen LogP contribution is 2.22. The van der Waals surface area contributed by atoms with E-state index >= 15 is 0 Å². The first-order chi connectivity index (χ1) is 7.70. The van der Waals surface area contributed by atoms with Crippen molar-refractivity contribution in [3.8, 4) is 0 Å². The van der Waals surface area contributed by atoms with Crippen molar-refractivity contribution in [1.82, 2.24) is 4.90 Å². The van der Waals surface area contributed by atoms with E-state index in [2.05, 4.69) is 0 Å². The highest BCUT2D eigenvalue weighted by molar-refractivity contribution is 6.34. The molecule has 1 fully saturated rings. The number of piperidine rings is 1. The highest BCUT2D eigenvalue weighted by atomic mass is 35.5. The number of benzene rings is 1. The summed E-state index contributed by atoms with van der Waals surface area (Å²) in [5, 5.41) is 0.565. The van der Waals surface area contributed by atoms with Gasteiger partial charge in [-0.05, 0) is 37.8 Å². The van der Waals surface area contributed by atoms with Crippen molar-refractivity contribution in [1.29, 1.82) is 0 Å². The topological polar surface area (TPSA) is 20.3 Å². The van der Waals surface area contributed by atoms with Gasteiger partial charge in [-0.25, -0.2) is 0 Å². The first-order valence-electron chi connectivity index (χ1n) is 5.74. The van der Waals surface area contributed by atoms with E-state index in [4.69, 9.17) is 11.6 Å². The molecule has 0 bridgehead atoms. The normalized spacial score (nSPS) is 16.2. The monoisotopic (exact) mass is 237 g/mol. The third-order valence-electron chi connectivity index (χ3n) is 3.08. The van der Waals surface area contributed by atoms with Crippen molar-refractivity contribution < 1.29 is 4.79 Å². The largest absolute Gasteiger partial charge is 0.339 e. The van der Waals surface area contributed by atoms with Crippen LogP contribution >= 0.6 is 11.6 Å². The zero-order chi connectivity index (χ0) is 11.5. The van der Waals surface area contributed by atoms with Crippen LogP contribution in [0, 0.1) is 6.92 Å². The Hall–Kier alpha value is -1.02. The van der Waals surface area contributed by atoms with Crippen LogP contribution in [0.5, 0.6) is 0 Å². The van der Waals surface area contributed by atoms with Gasteiger partial charge < -0.3 is 4.90 Å². The highest BCUT2D eigenvalue weighted by Gasteiger charge is 2.21. The summed E-state index contributed by atoms with van der Waals surface area (Å²) in [6.45, 7) is 3.66. The molecule has 0 N–H and O–H groups in total. The summed E-state index contributed by atoms with van der Waals surface area (Å²) in [6.07, 6.45) is 3.44. The maximum Gasteiger partial charge on any atom is 0.255 e. The molecule has 1 aromatic carbocycles. The Balaban J connectivity index is 2.26. The minimum absolute atomic E-state index is 0.0859. The first-order valence-corrected chi connectivity index (χ1v) is 6.12. The molecule has 0 unspecified atom stereocenters. The van der Waals surface area contributed by atoms with Gasteiger partial charge in [-0.15, -0.1) is 0 Å². The smallest absolute Gasteiger partial charge is 0.255 e. The fraction of sp³-hybridized carbons (Fsp3) is 0.462. The molecule has 1 heterocycles. The van der Waals surface area contributed by atoms with Crippen LogP contribution in [0.4, 0.5) is 0 Å². The standard InChI is InChI=1S/C13H16ClNO/c1-10-6-5-7-11(14)12(10)13(16)15-8-3-2-4-9-15/h5-7H,2-4,8-9H2,1H3. The molecule has 86 valence electrons. The van der Waals surface area contributed by atoms with Gasteiger partial charge in [0.25, 0.3) is 5.91 Å². The Morgan fingerprint density at radius 1 is 1.25 bits per heavy atom. The van der Waals surface area contributed by atoms with Crippen molar-refractivity contribution in [2.75, 3.05) is 13.1 Å². The SMILES string of the molecule is Cc1cccc(Cl)c1C(=O)N1CCCCC1. The molecule has 3 heteroatoms. The van der Waals surface area contributed by atoms with Gasteiger partial charge in [-0.1, -0.05) is 23.7 Å². The number of nitrogens with zero attached hydrogens (tertiary/aromatic N) is 1. The van der Waals surface area contributed by atoms with E-state index < -0.39 is 0 Å². The summed E-state index contributed by atoms with van der Waals surface area (Å²) >= 11 is 6.10. The number of carbonyl (C=O) groups is 1. The summed E-state index contributed by atoms with van der Waals surface area (Å²) in [7, 11) is 0. The molecule has 2 rings (SSSR count). The predicted octanol–water partition coefficient (Wildman–Crippen LogP) is 3.27. The summed E-state index contributed by atoms with van der Waals surface area (Å²) in [5.41, 5.74) is 1.63. The van der Waals surface area contributed by atoms with E-state index in [9.17, 15) is 4.79 Å². The lowest BCUT2D eigenvalue weighted by Gasteiger charge is -2.27.